The third kappa shape index (κ3) is 2.82. The Hall–Kier alpha value is -2.35. The van der Waals surface area contributed by atoms with Crippen LogP contribution in [0.2, 0.25) is 0 Å². The number of benzene rings is 1. The molecule has 5 heteroatoms. The molecule has 0 bridgehead atoms. The summed E-state index contributed by atoms with van der Waals surface area (Å²) in [6.45, 7) is 0. The molecule has 1 aromatic carbocycles. The Morgan fingerprint density at radius 3 is 2.71 bits per heavy atom. The van der Waals surface area contributed by atoms with Crippen molar-refractivity contribution in [2.45, 2.75) is 12.8 Å². The van der Waals surface area contributed by atoms with Crippen LogP contribution >= 0.6 is 0 Å². The van der Waals surface area contributed by atoms with Crippen molar-refractivity contribution in [2.24, 2.45) is 5.92 Å². The van der Waals surface area contributed by atoms with Gasteiger partial charge in [0.2, 0.25) is 5.91 Å². The molecule has 0 saturated heterocycles. The molecule has 1 aliphatic rings. The van der Waals surface area contributed by atoms with E-state index in [1.54, 1.807) is 18.2 Å². The molecule has 1 aliphatic carbocycles. The van der Waals surface area contributed by atoms with E-state index in [0.29, 0.717) is 11.1 Å². The van der Waals surface area contributed by atoms with Gasteiger partial charge in [-0.1, -0.05) is 6.07 Å². The van der Waals surface area contributed by atoms with Crippen LogP contribution < -0.4 is 10.9 Å². The van der Waals surface area contributed by atoms with Crippen LogP contribution in [0.5, 0.6) is 0 Å². The summed E-state index contributed by atoms with van der Waals surface area (Å²) >= 11 is 0. The highest BCUT2D eigenvalue weighted by atomic mass is 16.2. The Labute approximate surface area is 98.4 Å². The van der Waals surface area contributed by atoms with Gasteiger partial charge >= 0.3 is 0 Å². The van der Waals surface area contributed by atoms with Crippen molar-refractivity contribution in [1.29, 1.82) is 5.26 Å². The molecule has 0 aliphatic heterocycles. The van der Waals surface area contributed by atoms with Crippen LogP contribution in [0.4, 0.5) is 0 Å². The van der Waals surface area contributed by atoms with E-state index in [4.69, 9.17) is 5.26 Å². The molecule has 1 saturated carbocycles. The lowest BCUT2D eigenvalue weighted by molar-refractivity contribution is -0.123. The second kappa shape index (κ2) is 4.66. The number of hydrogen-bond acceptors (Lipinski definition) is 3. The van der Waals surface area contributed by atoms with Gasteiger partial charge < -0.3 is 0 Å². The largest absolute Gasteiger partial charge is 0.273 e. The average Bonchev–Trinajstić information content (AvgIpc) is 3.19. The van der Waals surface area contributed by atoms with Crippen molar-refractivity contribution in [1.82, 2.24) is 10.9 Å². The standard InChI is InChI=1S/C12H11N3O2/c13-7-8-2-1-3-10(6-8)12(17)15-14-11(16)9-4-5-9/h1-3,6,9H,4-5H2,(H,14,16)(H,15,17). The first-order chi connectivity index (χ1) is 8.20. The zero-order valence-electron chi connectivity index (χ0n) is 9.06. The predicted molar refractivity (Wildman–Crippen MR) is 59.5 cm³/mol. The molecule has 0 atom stereocenters. The van der Waals surface area contributed by atoms with Gasteiger partial charge in [0.15, 0.2) is 0 Å². The number of rotatable bonds is 2. The Kier molecular flexibility index (Phi) is 3.06. The van der Waals surface area contributed by atoms with Crippen LogP contribution in [-0.2, 0) is 4.79 Å². The van der Waals surface area contributed by atoms with Gasteiger partial charge in [-0.15, -0.1) is 0 Å². The van der Waals surface area contributed by atoms with Crippen LogP contribution in [0.3, 0.4) is 0 Å². The Morgan fingerprint density at radius 1 is 1.29 bits per heavy atom. The van der Waals surface area contributed by atoms with Gasteiger partial charge in [0.05, 0.1) is 11.6 Å². The minimum atomic E-state index is -0.420. The summed E-state index contributed by atoms with van der Waals surface area (Å²) in [5, 5.41) is 8.69. The fourth-order valence-electron chi connectivity index (χ4n) is 1.37. The van der Waals surface area contributed by atoms with Crippen molar-refractivity contribution in [3.05, 3.63) is 35.4 Å². The normalized spacial score (nSPS) is 13.6. The highest BCUT2D eigenvalue weighted by Crippen LogP contribution is 2.28. The summed E-state index contributed by atoms with van der Waals surface area (Å²) in [5.41, 5.74) is 5.44. The first kappa shape index (κ1) is 11.1. The summed E-state index contributed by atoms with van der Waals surface area (Å²) in [6.07, 6.45) is 1.76. The van der Waals surface area contributed by atoms with Gasteiger partial charge in [0.25, 0.3) is 5.91 Å². The van der Waals surface area contributed by atoms with Crippen molar-refractivity contribution < 1.29 is 9.59 Å². The molecule has 0 spiro atoms. The second-order valence-electron chi connectivity index (χ2n) is 3.91. The van der Waals surface area contributed by atoms with Crippen molar-refractivity contribution in [3.63, 3.8) is 0 Å². The van der Waals surface area contributed by atoms with Crippen LogP contribution in [0.1, 0.15) is 28.8 Å². The van der Waals surface area contributed by atoms with Gasteiger partial charge in [-0.05, 0) is 31.0 Å². The van der Waals surface area contributed by atoms with E-state index in [2.05, 4.69) is 10.9 Å². The maximum atomic E-state index is 11.6. The number of nitrogens with zero attached hydrogens (tertiary/aromatic N) is 1. The number of carbonyl (C=O) groups excluding carboxylic acids is 2. The second-order valence-corrected chi connectivity index (χ2v) is 3.91. The Balaban J connectivity index is 1.94. The van der Waals surface area contributed by atoms with E-state index >= 15 is 0 Å². The highest BCUT2D eigenvalue weighted by Gasteiger charge is 2.29. The van der Waals surface area contributed by atoms with Crippen molar-refractivity contribution in [3.8, 4) is 6.07 Å². The zero-order chi connectivity index (χ0) is 12.3. The minimum Gasteiger partial charge on any atom is -0.273 e. The van der Waals surface area contributed by atoms with Gasteiger partial charge in [-0.3, -0.25) is 20.4 Å². The quantitative estimate of drug-likeness (QED) is 0.733. The lowest BCUT2D eigenvalue weighted by Crippen LogP contribution is -2.42. The molecule has 2 N–H and O–H groups in total. The summed E-state index contributed by atoms with van der Waals surface area (Å²) in [6, 6.07) is 8.23. The van der Waals surface area contributed by atoms with Crippen LogP contribution in [-0.4, -0.2) is 11.8 Å². The van der Waals surface area contributed by atoms with Gasteiger partial charge in [0.1, 0.15) is 0 Å². The molecule has 86 valence electrons. The summed E-state index contributed by atoms with van der Waals surface area (Å²) in [7, 11) is 0. The highest BCUT2D eigenvalue weighted by molar-refractivity contribution is 5.96. The third-order valence-electron chi connectivity index (χ3n) is 2.50. The number of hydrogen-bond donors (Lipinski definition) is 2. The van der Waals surface area contributed by atoms with E-state index in [-0.39, 0.29) is 11.8 Å². The molecule has 0 radical (unpaired) electrons. The number of carbonyl (C=O) groups is 2. The Bertz CT molecular complexity index is 501. The molecular weight excluding hydrogens is 218 g/mol. The fraction of sp³-hybridized carbons (Fsp3) is 0.250. The van der Waals surface area contributed by atoms with E-state index in [9.17, 15) is 9.59 Å². The topological polar surface area (TPSA) is 82.0 Å². The van der Waals surface area contributed by atoms with E-state index in [1.807, 2.05) is 6.07 Å². The first-order valence-corrected chi connectivity index (χ1v) is 5.31. The van der Waals surface area contributed by atoms with Gasteiger partial charge in [0, 0.05) is 11.5 Å². The maximum Gasteiger partial charge on any atom is 0.269 e. The van der Waals surface area contributed by atoms with Crippen molar-refractivity contribution in [2.75, 3.05) is 0 Å². The van der Waals surface area contributed by atoms with E-state index in [1.165, 1.54) is 6.07 Å². The maximum absolute atomic E-state index is 11.6. The Morgan fingerprint density at radius 2 is 2.06 bits per heavy atom. The molecule has 5 nitrogen and oxygen atoms in total. The molecule has 2 rings (SSSR count). The molecule has 0 unspecified atom stereocenters. The van der Waals surface area contributed by atoms with E-state index in [0.717, 1.165) is 12.8 Å². The average molecular weight is 229 g/mol. The smallest absolute Gasteiger partial charge is 0.269 e. The fourth-order valence-corrected chi connectivity index (χ4v) is 1.37. The molecule has 2 amide bonds. The van der Waals surface area contributed by atoms with Gasteiger partial charge in [-0.2, -0.15) is 5.26 Å². The summed E-state index contributed by atoms with van der Waals surface area (Å²) < 4.78 is 0. The number of nitrogens with one attached hydrogen (secondary N) is 2. The van der Waals surface area contributed by atoms with E-state index < -0.39 is 5.91 Å². The number of amides is 2. The lowest BCUT2D eigenvalue weighted by Gasteiger charge is -2.06. The third-order valence-corrected chi connectivity index (χ3v) is 2.50. The van der Waals surface area contributed by atoms with Crippen molar-refractivity contribution >= 4 is 11.8 Å². The van der Waals surface area contributed by atoms with Crippen LogP contribution in [0.25, 0.3) is 0 Å². The molecule has 1 aromatic rings. The summed E-state index contributed by atoms with van der Waals surface area (Å²) in [5.74, 6) is -0.536. The first-order valence-electron chi connectivity index (χ1n) is 5.31. The van der Waals surface area contributed by atoms with Crippen LogP contribution in [0, 0.1) is 17.2 Å². The summed E-state index contributed by atoms with van der Waals surface area (Å²) in [4.78, 5) is 22.9. The molecule has 0 aromatic heterocycles. The molecular formula is C12H11N3O2. The minimum absolute atomic E-state index is 0.0424. The lowest BCUT2D eigenvalue weighted by atomic mass is 10.1. The predicted octanol–water partition coefficient (Wildman–Crippen LogP) is 0.729. The number of nitriles is 1. The van der Waals surface area contributed by atoms with Crippen LogP contribution in [0.15, 0.2) is 24.3 Å². The zero-order valence-corrected chi connectivity index (χ0v) is 9.06. The van der Waals surface area contributed by atoms with Gasteiger partial charge in [-0.25, -0.2) is 0 Å². The SMILES string of the molecule is N#Cc1cccc(C(=O)NNC(=O)C2CC2)c1. The molecule has 17 heavy (non-hydrogen) atoms. The molecule has 1 fully saturated rings. The number of hydrazine groups is 1. The monoisotopic (exact) mass is 229 g/mol. The molecule has 0 heterocycles.